The van der Waals surface area contributed by atoms with Crippen molar-refractivity contribution in [2.24, 2.45) is 5.73 Å². The molecular weight excluding hydrogens is 528 g/mol. The van der Waals surface area contributed by atoms with Gasteiger partial charge in [0.1, 0.15) is 24.2 Å². The number of amides is 4. The van der Waals surface area contributed by atoms with E-state index in [9.17, 15) is 24.0 Å². The maximum atomic E-state index is 14.1. The molecule has 0 spiro atoms. The van der Waals surface area contributed by atoms with Gasteiger partial charge in [-0.3, -0.25) is 19.2 Å². The second kappa shape index (κ2) is 17.2. The van der Waals surface area contributed by atoms with Crippen molar-refractivity contribution < 1.29 is 33.4 Å². The largest absolute Gasteiger partial charge is 0.468 e. The number of ether oxygens (including phenoxy) is 2. The molecule has 4 amide bonds. The Balaban J connectivity index is 3.54. The Hall–Kier alpha value is -3.63. The molecule has 0 aliphatic heterocycles. The topological polar surface area (TPSA) is 157 Å². The van der Waals surface area contributed by atoms with Crippen LogP contribution < -0.4 is 16.4 Å². The van der Waals surface area contributed by atoms with E-state index in [1.165, 1.54) is 12.0 Å². The SMILES string of the molecule is CCCCCCCCN(C(=O)C(CC(N)=O)NC(=O)OC(C)(C)C)C(C(=O)NCC(=O)OC)c1ccc(C)cc1C. The molecule has 41 heavy (non-hydrogen) atoms. The van der Waals surface area contributed by atoms with Crippen LogP contribution in [0.1, 0.15) is 95.4 Å². The summed E-state index contributed by atoms with van der Waals surface area (Å²) in [6, 6.07) is 2.96. The minimum atomic E-state index is -1.37. The van der Waals surface area contributed by atoms with E-state index in [4.69, 9.17) is 10.5 Å². The van der Waals surface area contributed by atoms with Crippen LogP contribution in [-0.4, -0.2) is 66.5 Å². The van der Waals surface area contributed by atoms with Gasteiger partial charge in [0.25, 0.3) is 0 Å². The number of nitrogens with one attached hydrogen (secondary N) is 2. The highest BCUT2D eigenvalue weighted by Crippen LogP contribution is 2.27. The van der Waals surface area contributed by atoms with Gasteiger partial charge in [-0.15, -0.1) is 0 Å². The van der Waals surface area contributed by atoms with Crippen molar-refractivity contribution in [2.45, 2.75) is 104 Å². The molecule has 0 bridgehead atoms. The van der Waals surface area contributed by atoms with Crippen LogP contribution in [0, 0.1) is 13.8 Å². The number of nitrogens with two attached hydrogens (primary N) is 1. The number of aryl methyl sites for hydroxylation is 2. The average Bonchev–Trinajstić information content (AvgIpc) is 2.87. The minimum absolute atomic E-state index is 0.167. The third-order valence-corrected chi connectivity index (χ3v) is 6.34. The number of hydrogen-bond donors (Lipinski definition) is 3. The lowest BCUT2D eigenvalue weighted by Crippen LogP contribution is -2.54. The molecule has 4 N–H and O–H groups in total. The van der Waals surface area contributed by atoms with Gasteiger partial charge in [-0.1, -0.05) is 62.8 Å². The number of esters is 1. The highest BCUT2D eigenvalue weighted by molar-refractivity contribution is 5.95. The standard InChI is InChI=1S/C30H48N4O7/c1-8-9-10-11-12-13-16-34(28(38)23(18-24(31)35)33-29(39)41-30(4,5)6)26(27(37)32-19-25(36)40-7)22-15-14-20(2)17-21(22)3/h14-15,17,23,26H,8-13,16,18-19H2,1-7H3,(H2,31,35)(H,32,37)(H,33,39). The van der Waals surface area contributed by atoms with Crippen LogP contribution in [0.3, 0.4) is 0 Å². The fraction of sp³-hybridized carbons (Fsp3) is 0.633. The third kappa shape index (κ3) is 13.1. The van der Waals surface area contributed by atoms with Gasteiger partial charge in [0, 0.05) is 6.54 Å². The molecule has 2 atom stereocenters. The first-order valence-corrected chi connectivity index (χ1v) is 14.2. The van der Waals surface area contributed by atoms with Crippen LogP contribution in [0.5, 0.6) is 0 Å². The Bertz CT molecular complexity index is 1050. The number of carbonyl (C=O) groups excluding carboxylic acids is 5. The van der Waals surface area contributed by atoms with Gasteiger partial charge < -0.3 is 30.7 Å². The number of methoxy groups -OCH3 is 1. The van der Waals surface area contributed by atoms with E-state index < -0.39 is 60.4 Å². The second-order valence-corrected chi connectivity index (χ2v) is 11.2. The summed E-state index contributed by atoms with van der Waals surface area (Å²) < 4.78 is 9.98. The van der Waals surface area contributed by atoms with E-state index in [-0.39, 0.29) is 6.54 Å². The predicted molar refractivity (Wildman–Crippen MR) is 156 cm³/mol. The summed E-state index contributed by atoms with van der Waals surface area (Å²) >= 11 is 0. The molecule has 0 saturated heterocycles. The van der Waals surface area contributed by atoms with Gasteiger partial charge in [-0.05, 0) is 52.2 Å². The van der Waals surface area contributed by atoms with E-state index in [1.54, 1.807) is 26.8 Å². The zero-order chi connectivity index (χ0) is 31.2. The fourth-order valence-electron chi connectivity index (χ4n) is 4.39. The van der Waals surface area contributed by atoms with Crippen molar-refractivity contribution in [3.63, 3.8) is 0 Å². The van der Waals surface area contributed by atoms with E-state index in [0.717, 1.165) is 43.2 Å². The zero-order valence-electron chi connectivity index (χ0n) is 25.6. The minimum Gasteiger partial charge on any atom is -0.468 e. The van der Waals surface area contributed by atoms with Crippen LogP contribution in [0.2, 0.25) is 0 Å². The number of carbonyl (C=O) groups is 5. The van der Waals surface area contributed by atoms with Gasteiger partial charge >= 0.3 is 12.1 Å². The summed E-state index contributed by atoms with van der Waals surface area (Å²) in [4.78, 5) is 65.5. The number of benzene rings is 1. The quantitative estimate of drug-likeness (QED) is 0.200. The van der Waals surface area contributed by atoms with Gasteiger partial charge in [-0.25, -0.2) is 4.79 Å². The Morgan fingerprint density at radius 2 is 1.63 bits per heavy atom. The lowest BCUT2D eigenvalue weighted by Gasteiger charge is -2.35. The van der Waals surface area contributed by atoms with Gasteiger partial charge in [0.2, 0.25) is 17.7 Å². The summed E-state index contributed by atoms with van der Waals surface area (Å²) in [6.07, 6.45) is 4.21. The van der Waals surface area contributed by atoms with Crippen molar-refractivity contribution in [1.29, 1.82) is 0 Å². The molecule has 1 aromatic carbocycles. The Kier molecular flexibility index (Phi) is 14.9. The second-order valence-electron chi connectivity index (χ2n) is 11.2. The van der Waals surface area contributed by atoms with E-state index in [0.29, 0.717) is 12.0 Å². The average molecular weight is 577 g/mol. The molecule has 0 aliphatic carbocycles. The molecule has 0 radical (unpaired) electrons. The number of nitrogens with zero attached hydrogens (tertiary/aromatic N) is 1. The molecule has 0 fully saturated rings. The first-order chi connectivity index (χ1) is 19.2. The summed E-state index contributed by atoms with van der Waals surface area (Å²) in [7, 11) is 1.21. The van der Waals surface area contributed by atoms with Crippen molar-refractivity contribution in [3.8, 4) is 0 Å². The third-order valence-electron chi connectivity index (χ3n) is 6.34. The predicted octanol–water partition coefficient (Wildman–Crippen LogP) is 3.59. The highest BCUT2D eigenvalue weighted by Gasteiger charge is 2.37. The van der Waals surface area contributed by atoms with Crippen molar-refractivity contribution in [1.82, 2.24) is 15.5 Å². The van der Waals surface area contributed by atoms with Crippen LogP contribution in [-0.2, 0) is 28.7 Å². The number of alkyl carbamates (subject to hydrolysis) is 1. The summed E-state index contributed by atoms with van der Waals surface area (Å²) in [5, 5.41) is 5.04. The van der Waals surface area contributed by atoms with Gasteiger partial charge in [0.15, 0.2) is 0 Å². The molecule has 0 aliphatic rings. The summed E-state index contributed by atoms with van der Waals surface area (Å²) in [6.45, 7) is 10.7. The van der Waals surface area contributed by atoms with Gasteiger partial charge in [-0.2, -0.15) is 0 Å². The Morgan fingerprint density at radius 3 is 2.20 bits per heavy atom. The molecule has 11 heteroatoms. The van der Waals surface area contributed by atoms with Crippen molar-refractivity contribution >= 4 is 29.8 Å². The number of primary amides is 1. The first kappa shape index (κ1) is 35.4. The van der Waals surface area contributed by atoms with Crippen LogP contribution in [0.4, 0.5) is 4.79 Å². The van der Waals surface area contributed by atoms with E-state index in [2.05, 4.69) is 22.3 Å². The maximum Gasteiger partial charge on any atom is 0.408 e. The smallest absolute Gasteiger partial charge is 0.408 e. The van der Waals surface area contributed by atoms with Crippen LogP contribution >= 0.6 is 0 Å². The highest BCUT2D eigenvalue weighted by atomic mass is 16.6. The first-order valence-electron chi connectivity index (χ1n) is 14.2. The molecule has 11 nitrogen and oxygen atoms in total. The number of unbranched alkanes of at least 4 members (excludes halogenated alkanes) is 5. The van der Waals surface area contributed by atoms with Crippen LogP contribution in [0.15, 0.2) is 18.2 Å². The van der Waals surface area contributed by atoms with Crippen molar-refractivity contribution in [3.05, 3.63) is 34.9 Å². The lowest BCUT2D eigenvalue weighted by molar-refractivity contribution is -0.145. The lowest BCUT2D eigenvalue weighted by atomic mass is 9.95. The Morgan fingerprint density at radius 1 is 1.00 bits per heavy atom. The molecule has 1 rings (SSSR count). The molecule has 0 heterocycles. The monoisotopic (exact) mass is 576 g/mol. The molecule has 230 valence electrons. The molecular formula is C30H48N4O7. The van der Waals surface area contributed by atoms with Crippen LogP contribution in [0.25, 0.3) is 0 Å². The number of rotatable bonds is 16. The fourth-order valence-corrected chi connectivity index (χ4v) is 4.39. The Labute approximate surface area is 243 Å². The maximum absolute atomic E-state index is 14.1. The molecule has 1 aromatic rings. The number of hydrogen-bond acceptors (Lipinski definition) is 7. The molecule has 0 aromatic heterocycles. The zero-order valence-corrected chi connectivity index (χ0v) is 25.6. The van der Waals surface area contributed by atoms with Gasteiger partial charge in [0.05, 0.1) is 13.5 Å². The molecule has 0 saturated carbocycles. The van der Waals surface area contributed by atoms with Crippen molar-refractivity contribution in [2.75, 3.05) is 20.2 Å². The summed E-state index contributed by atoms with van der Waals surface area (Å²) in [5.74, 6) is -2.72. The normalized spacial score (nSPS) is 12.6. The van der Waals surface area contributed by atoms with E-state index in [1.807, 2.05) is 26.0 Å². The summed E-state index contributed by atoms with van der Waals surface area (Å²) in [5.41, 5.74) is 6.88. The molecule has 2 unspecified atom stereocenters. The van der Waals surface area contributed by atoms with E-state index >= 15 is 0 Å².